The molecule has 8 heteroatoms. The van der Waals surface area contributed by atoms with E-state index in [1.54, 1.807) is 48.5 Å². The van der Waals surface area contributed by atoms with Gasteiger partial charge in [-0.05, 0) is 11.1 Å². The van der Waals surface area contributed by atoms with Gasteiger partial charge in [0.2, 0.25) is 0 Å². The van der Waals surface area contributed by atoms with E-state index in [1.165, 1.54) is 0 Å². The standard InChI is InChI=1S/C30H26N4O4/c35-29(27(25-17-9-3-10-18-25)33-37-21-23-13-5-1-6-14-23)32-30(36)31-28(26-19-11-4-12-20-26)34-38-22-24-15-7-2-8-16-24/h1-20H,21-22H2,(H2,31,32,34,35,36)/b33-27-. The summed E-state index contributed by atoms with van der Waals surface area (Å²) in [5.74, 6) is -0.593. The lowest BCUT2D eigenvalue weighted by Gasteiger charge is -2.11. The molecule has 0 aromatic heterocycles. The number of amides is 3. The second-order valence-corrected chi connectivity index (χ2v) is 8.04. The quantitative estimate of drug-likeness (QED) is 0.189. The molecule has 0 unspecified atom stereocenters. The maximum absolute atomic E-state index is 13.1. The number of carbonyl (C=O) groups is 2. The van der Waals surface area contributed by atoms with Crippen LogP contribution in [0, 0.1) is 0 Å². The lowest BCUT2D eigenvalue weighted by molar-refractivity contribution is -0.113. The highest BCUT2D eigenvalue weighted by Gasteiger charge is 2.19. The molecule has 0 saturated heterocycles. The monoisotopic (exact) mass is 506 g/mol. The van der Waals surface area contributed by atoms with Crippen LogP contribution in [0.3, 0.4) is 0 Å². The Morgan fingerprint density at radius 2 is 1.00 bits per heavy atom. The maximum Gasteiger partial charge on any atom is 0.327 e. The van der Waals surface area contributed by atoms with Crippen molar-refractivity contribution in [2.24, 2.45) is 10.3 Å². The molecule has 8 nitrogen and oxygen atoms in total. The van der Waals surface area contributed by atoms with Gasteiger partial charge in [-0.1, -0.05) is 132 Å². The molecule has 0 spiro atoms. The van der Waals surface area contributed by atoms with Crippen LogP contribution in [0.4, 0.5) is 4.79 Å². The van der Waals surface area contributed by atoms with Crippen LogP contribution in [0.15, 0.2) is 132 Å². The number of oxime groups is 2. The Morgan fingerprint density at radius 3 is 1.53 bits per heavy atom. The second kappa shape index (κ2) is 13.7. The van der Waals surface area contributed by atoms with E-state index in [2.05, 4.69) is 20.9 Å². The number of nitrogens with one attached hydrogen (secondary N) is 2. The van der Waals surface area contributed by atoms with Crippen molar-refractivity contribution in [3.8, 4) is 0 Å². The zero-order chi connectivity index (χ0) is 26.4. The number of hydrogen-bond donors (Lipinski definition) is 2. The van der Waals surface area contributed by atoms with Crippen LogP contribution in [-0.4, -0.2) is 23.5 Å². The van der Waals surface area contributed by atoms with Crippen LogP contribution >= 0.6 is 0 Å². The topological polar surface area (TPSA) is 101 Å². The Balaban J connectivity index is 1.45. The Morgan fingerprint density at radius 1 is 0.553 bits per heavy atom. The normalized spacial score (nSPS) is 11.4. The molecule has 4 rings (SSSR count). The zero-order valence-corrected chi connectivity index (χ0v) is 20.5. The van der Waals surface area contributed by atoms with E-state index in [4.69, 9.17) is 9.68 Å². The van der Waals surface area contributed by atoms with Gasteiger partial charge >= 0.3 is 6.03 Å². The van der Waals surface area contributed by atoms with Gasteiger partial charge < -0.3 is 9.68 Å². The molecular weight excluding hydrogens is 480 g/mol. The van der Waals surface area contributed by atoms with Crippen molar-refractivity contribution in [1.29, 1.82) is 0 Å². The first-order chi connectivity index (χ1) is 18.7. The van der Waals surface area contributed by atoms with Crippen LogP contribution in [0.2, 0.25) is 0 Å². The van der Waals surface area contributed by atoms with Crippen molar-refractivity contribution >= 4 is 23.5 Å². The number of benzene rings is 4. The van der Waals surface area contributed by atoms with Crippen LogP contribution in [0.25, 0.3) is 0 Å². The number of imide groups is 1. The van der Waals surface area contributed by atoms with Gasteiger partial charge in [-0.25, -0.2) is 4.79 Å². The smallest absolute Gasteiger partial charge is 0.327 e. The fourth-order valence-electron chi connectivity index (χ4n) is 3.36. The van der Waals surface area contributed by atoms with Crippen molar-refractivity contribution in [2.45, 2.75) is 13.2 Å². The summed E-state index contributed by atoms with van der Waals surface area (Å²) in [5.41, 5.74) is 2.86. The first-order valence-electron chi connectivity index (χ1n) is 11.9. The van der Waals surface area contributed by atoms with Gasteiger partial charge in [-0.2, -0.15) is 0 Å². The van der Waals surface area contributed by atoms with E-state index in [-0.39, 0.29) is 24.8 Å². The summed E-state index contributed by atoms with van der Waals surface area (Å²) in [7, 11) is 0. The van der Waals surface area contributed by atoms with Crippen molar-refractivity contribution in [3.05, 3.63) is 144 Å². The predicted molar refractivity (Wildman–Crippen MR) is 145 cm³/mol. The van der Waals surface area contributed by atoms with E-state index in [0.29, 0.717) is 11.1 Å². The van der Waals surface area contributed by atoms with Crippen LogP contribution in [0.1, 0.15) is 22.3 Å². The molecule has 0 aliphatic rings. The van der Waals surface area contributed by atoms with Crippen LogP contribution in [0.5, 0.6) is 0 Å². The fraction of sp³-hybridized carbons (Fsp3) is 0.0667. The zero-order valence-electron chi connectivity index (χ0n) is 20.5. The third-order valence-electron chi connectivity index (χ3n) is 5.23. The van der Waals surface area contributed by atoms with Gasteiger partial charge in [0.15, 0.2) is 11.5 Å². The van der Waals surface area contributed by atoms with E-state index in [1.807, 2.05) is 72.8 Å². The highest BCUT2D eigenvalue weighted by Crippen LogP contribution is 2.07. The molecule has 0 fully saturated rings. The van der Waals surface area contributed by atoms with Crippen molar-refractivity contribution in [3.63, 3.8) is 0 Å². The summed E-state index contributed by atoms with van der Waals surface area (Å²) in [6.45, 7) is 0.378. The average Bonchev–Trinajstić information content (AvgIpc) is 2.97. The Hall–Kier alpha value is -5.24. The molecule has 190 valence electrons. The van der Waals surface area contributed by atoms with Crippen molar-refractivity contribution in [1.82, 2.24) is 10.6 Å². The molecule has 0 heterocycles. The molecular formula is C30H26N4O4. The Labute approximate surface area is 220 Å². The lowest BCUT2D eigenvalue weighted by atomic mass is 10.1. The van der Waals surface area contributed by atoms with Gasteiger partial charge in [-0.3, -0.25) is 15.4 Å². The molecule has 0 aliphatic heterocycles. The van der Waals surface area contributed by atoms with Gasteiger partial charge in [0.05, 0.1) is 0 Å². The molecule has 2 N–H and O–H groups in total. The first-order valence-corrected chi connectivity index (χ1v) is 11.9. The summed E-state index contributed by atoms with van der Waals surface area (Å²) in [4.78, 5) is 36.8. The van der Waals surface area contributed by atoms with Crippen LogP contribution in [-0.2, 0) is 27.7 Å². The van der Waals surface area contributed by atoms with E-state index in [0.717, 1.165) is 11.1 Å². The molecule has 0 aliphatic carbocycles. The average molecular weight is 507 g/mol. The van der Waals surface area contributed by atoms with Crippen molar-refractivity contribution < 1.29 is 19.3 Å². The fourth-order valence-corrected chi connectivity index (χ4v) is 3.36. The summed E-state index contributed by atoms with van der Waals surface area (Å²) in [5, 5.41) is 13.0. The number of hydrogen-bond acceptors (Lipinski definition) is 6. The summed E-state index contributed by atoms with van der Waals surface area (Å²) >= 11 is 0. The highest BCUT2D eigenvalue weighted by molar-refractivity contribution is 6.47. The number of carbonyl (C=O) groups excluding carboxylic acids is 2. The molecule has 0 saturated carbocycles. The molecule has 0 bridgehead atoms. The molecule has 0 radical (unpaired) electrons. The van der Waals surface area contributed by atoms with Crippen molar-refractivity contribution in [2.75, 3.05) is 0 Å². The number of nitrogens with zero attached hydrogens (tertiary/aromatic N) is 2. The third-order valence-corrected chi connectivity index (χ3v) is 5.23. The van der Waals surface area contributed by atoms with E-state index >= 15 is 0 Å². The minimum Gasteiger partial charge on any atom is -0.390 e. The minimum atomic E-state index is -0.799. The summed E-state index contributed by atoms with van der Waals surface area (Å²) in [6.07, 6.45) is 0. The first kappa shape index (κ1) is 25.8. The predicted octanol–water partition coefficient (Wildman–Crippen LogP) is 5.01. The lowest BCUT2D eigenvalue weighted by Crippen LogP contribution is -2.45. The molecule has 4 aromatic rings. The number of amidine groups is 1. The Kier molecular flexibility index (Phi) is 9.35. The second-order valence-electron chi connectivity index (χ2n) is 8.04. The van der Waals surface area contributed by atoms with Gasteiger partial charge in [0.1, 0.15) is 13.2 Å². The van der Waals surface area contributed by atoms with Gasteiger partial charge in [0.25, 0.3) is 5.91 Å². The number of rotatable bonds is 9. The molecule has 4 aromatic carbocycles. The summed E-state index contributed by atoms with van der Waals surface area (Å²) < 4.78 is 0. The largest absolute Gasteiger partial charge is 0.390 e. The van der Waals surface area contributed by atoms with Gasteiger partial charge in [-0.15, -0.1) is 0 Å². The molecule has 3 amide bonds. The highest BCUT2D eigenvalue weighted by atomic mass is 16.6. The molecule has 0 atom stereocenters. The van der Waals surface area contributed by atoms with Gasteiger partial charge in [0, 0.05) is 11.1 Å². The number of urea groups is 1. The Bertz CT molecular complexity index is 1380. The SMILES string of the molecule is O=C(NC(=O)/C(=N\OCc1ccccc1)c1ccccc1)N/C(=N/OCc1ccccc1)c1ccccc1. The van der Waals surface area contributed by atoms with E-state index in [9.17, 15) is 9.59 Å². The minimum absolute atomic E-state index is 0.0461. The summed E-state index contributed by atoms with van der Waals surface area (Å²) in [6, 6.07) is 35.9. The van der Waals surface area contributed by atoms with E-state index < -0.39 is 11.9 Å². The molecule has 38 heavy (non-hydrogen) atoms. The third kappa shape index (κ3) is 7.89. The maximum atomic E-state index is 13.1. The van der Waals surface area contributed by atoms with Crippen LogP contribution < -0.4 is 10.6 Å².